The van der Waals surface area contributed by atoms with Crippen molar-refractivity contribution < 1.29 is 19.1 Å². The van der Waals surface area contributed by atoms with Gasteiger partial charge in [0.25, 0.3) is 0 Å². The fourth-order valence-electron chi connectivity index (χ4n) is 1.11. The summed E-state index contributed by atoms with van der Waals surface area (Å²) >= 11 is 0. The third-order valence-corrected chi connectivity index (χ3v) is 1.94. The van der Waals surface area contributed by atoms with Crippen LogP contribution < -0.4 is 0 Å². The number of hydrogen-bond donors (Lipinski definition) is 0. The molecule has 1 rings (SSSR count). The molecule has 0 radical (unpaired) electrons. The molecule has 19 heavy (non-hydrogen) atoms. The lowest BCUT2D eigenvalue weighted by molar-refractivity contribution is -0.140. The molecular weight excluding hydrogens is 244 g/mol. The number of carbonyl (C=O) groups is 2. The zero-order valence-corrected chi connectivity index (χ0v) is 10.6. The lowest BCUT2D eigenvalue weighted by Crippen LogP contribution is -2.02. The van der Waals surface area contributed by atoms with Gasteiger partial charge < -0.3 is 9.47 Å². The molecule has 0 saturated carbocycles. The lowest BCUT2D eigenvalue weighted by atomic mass is 10.2. The number of ether oxygens (including phenoxy) is 2. The molecule has 0 heterocycles. The van der Waals surface area contributed by atoms with Gasteiger partial charge in [-0.3, -0.25) is 4.79 Å². The van der Waals surface area contributed by atoms with E-state index in [0.717, 1.165) is 5.56 Å². The highest BCUT2D eigenvalue weighted by molar-refractivity contribution is 5.89. The number of hydrogen-bond acceptors (Lipinski definition) is 4. The third-order valence-electron chi connectivity index (χ3n) is 1.94. The van der Waals surface area contributed by atoms with Crippen molar-refractivity contribution in [2.45, 2.75) is 6.92 Å². The Hall–Kier alpha value is -2.54. The second-order valence-electron chi connectivity index (χ2n) is 3.49. The van der Waals surface area contributed by atoms with E-state index in [2.05, 4.69) is 16.6 Å². The molecule has 0 amide bonds. The Labute approximate surface area is 112 Å². The zero-order chi connectivity index (χ0) is 13.9. The first kappa shape index (κ1) is 14.5. The maximum atomic E-state index is 11.2. The second-order valence-corrected chi connectivity index (χ2v) is 3.49. The molecule has 0 aromatic heterocycles. The first-order valence-electron chi connectivity index (χ1n) is 5.70. The summed E-state index contributed by atoms with van der Waals surface area (Å²) in [7, 11) is 0. The van der Waals surface area contributed by atoms with Crippen LogP contribution in [0, 0.1) is 11.8 Å². The Morgan fingerprint density at radius 1 is 1.11 bits per heavy atom. The minimum Gasteiger partial charge on any atom is -0.462 e. The van der Waals surface area contributed by atoms with Crippen LogP contribution in [0.3, 0.4) is 0 Å². The quantitative estimate of drug-likeness (QED) is 0.468. The molecule has 0 aliphatic heterocycles. The van der Waals surface area contributed by atoms with E-state index in [1.807, 2.05) is 18.2 Å². The van der Waals surface area contributed by atoms with Crippen LogP contribution in [0.15, 0.2) is 42.5 Å². The standard InChI is InChI=1S/C15H14O4/c1-13(16)18-11-5-6-12-19-15(17)10-9-14-7-3-2-4-8-14/h2-8H,11-12H2,1H3/b6-5+. The molecule has 0 spiro atoms. The van der Waals surface area contributed by atoms with Crippen molar-refractivity contribution in [2.75, 3.05) is 13.2 Å². The van der Waals surface area contributed by atoms with Gasteiger partial charge in [-0.25, -0.2) is 4.79 Å². The van der Waals surface area contributed by atoms with E-state index in [1.165, 1.54) is 6.92 Å². The summed E-state index contributed by atoms with van der Waals surface area (Å²) in [5.74, 6) is 4.12. The molecule has 98 valence electrons. The predicted molar refractivity (Wildman–Crippen MR) is 70.1 cm³/mol. The van der Waals surface area contributed by atoms with E-state index < -0.39 is 5.97 Å². The zero-order valence-electron chi connectivity index (χ0n) is 10.6. The Bertz CT molecular complexity index is 506. The normalized spacial score (nSPS) is 9.53. The van der Waals surface area contributed by atoms with Crippen molar-refractivity contribution in [3.8, 4) is 11.8 Å². The maximum Gasteiger partial charge on any atom is 0.385 e. The molecule has 0 unspecified atom stereocenters. The molecule has 1 aromatic carbocycles. The molecule has 4 heteroatoms. The van der Waals surface area contributed by atoms with E-state index in [9.17, 15) is 9.59 Å². The lowest BCUT2D eigenvalue weighted by Gasteiger charge is -1.96. The van der Waals surface area contributed by atoms with Crippen molar-refractivity contribution in [2.24, 2.45) is 0 Å². The Kier molecular flexibility index (Phi) is 6.52. The highest BCUT2D eigenvalue weighted by atomic mass is 16.5. The van der Waals surface area contributed by atoms with Gasteiger partial charge in [0, 0.05) is 18.4 Å². The van der Waals surface area contributed by atoms with Crippen LogP contribution in [0.1, 0.15) is 12.5 Å². The molecule has 0 atom stereocenters. The van der Waals surface area contributed by atoms with E-state index in [-0.39, 0.29) is 19.2 Å². The van der Waals surface area contributed by atoms with Crippen molar-refractivity contribution in [3.05, 3.63) is 48.0 Å². The Balaban J connectivity index is 2.25. The topological polar surface area (TPSA) is 52.6 Å². The smallest absolute Gasteiger partial charge is 0.385 e. The molecule has 0 bridgehead atoms. The summed E-state index contributed by atoms with van der Waals surface area (Å²) in [5, 5.41) is 0. The van der Waals surface area contributed by atoms with Gasteiger partial charge in [0.2, 0.25) is 0 Å². The second kappa shape index (κ2) is 8.54. The van der Waals surface area contributed by atoms with Gasteiger partial charge in [-0.1, -0.05) is 24.1 Å². The van der Waals surface area contributed by atoms with Gasteiger partial charge in [0.1, 0.15) is 13.2 Å². The van der Waals surface area contributed by atoms with Crippen LogP contribution in [-0.2, 0) is 19.1 Å². The summed E-state index contributed by atoms with van der Waals surface area (Å²) < 4.78 is 9.49. The Morgan fingerprint density at radius 2 is 1.74 bits per heavy atom. The fourth-order valence-corrected chi connectivity index (χ4v) is 1.11. The van der Waals surface area contributed by atoms with E-state index >= 15 is 0 Å². The summed E-state index contributed by atoms with van der Waals surface area (Å²) in [6.45, 7) is 1.60. The molecule has 1 aromatic rings. The summed E-state index contributed by atoms with van der Waals surface area (Å²) in [4.78, 5) is 21.7. The van der Waals surface area contributed by atoms with Crippen molar-refractivity contribution in [1.82, 2.24) is 0 Å². The minimum absolute atomic E-state index is 0.101. The number of benzene rings is 1. The highest BCUT2D eigenvalue weighted by Gasteiger charge is 1.94. The number of esters is 2. The van der Waals surface area contributed by atoms with Crippen LogP contribution in [-0.4, -0.2) is 25.2 Å². The molecule has 0 fully saturated rings. The van der Waals surface area contributed by atoms with Crippen molar-refractivity contribution >= 4 is 11.9 Å². The molecular formula is C15H14O4. The summed E-state index contributed by atoms with van der Waals surface area (Å²) in [6.07, 6.45) is 3.18. The summed E-state index contributed by atoms with van der Waals surface area (Å²) in [6, 6.07) is 9.16. The molecule has 0 aliphatic carbocycles. The molecule has 0 aliphatic rings. The Morgan fingerprint density at radius 3 is 2.37 bits per heavy atom. The van der Waals surface area contributed by atoms with Gasteiger partial charge in [0.15, 0.2) is 0 Å². The first-order chi connectivity index (χ1) is 9.18. The van der Waals surface area contributed by atoms with Crippen LogP contribution in [0.4, 0.5) is 0 Å². The molecule has 0 N–H and O–H groups in total. The van der Waals surface area contributed by atoms with Gasteiger partial charge in [-0.2, -0.15) is 0 Å². The summed E-state index contributed by atoms with van der Waals surface area (Å²) in [5.41, 5.74) is 0.754. The monoisotopic (exact) mass is 258 g/mol. The largest absolute Gasteiger partial charge is 0.462 e. The van der Waals surface area contributed by atoms with Crippen molar-refractivity contribution in [3.63, 3.8) is 0 Å². The van der Waals surface area contributed by atoms with Crippen molar-refractivity contribution in [1.29, 1.82) is 0 Å². The fraction of sp³-hybridized carbons (Fsp3) is 0.200. The number of rotatable bonds is 4. The predicted octanol–water partition coefficient (Wildman–Crippen LogP) is 1.70. The number of carbonyl (C=O) groups excluding carboxylic acids is 2. The van der Waals surface area contributed by atoms with E-state index in [0.29, 0.717) is 0 Å². The molecule has 4 nitrogen and oxygen atoms in total. The average Bonchev–Trinajstić information content (AvgIpc) is 2.41. The van der Waals surface area contributed by atoms with Crippen LogP contribution in [0.5, 0.6) is 0 Å². The van der Waals surface area contributed by atoms with Gasteiger partial charge in [-0.05, 0) is 24.3 Å². The average molecular weight is 258 g/mol. The van der Waals surface area contributed by atoms with Crippen LogP contribution >= 0.6 is 0 Å². The highest BCUT2D eigenvalue weighted by Crippen LogP contribution is 1.94. The first-order valence-corrected chi connectivity index (χ1v) is 5.70. The van der Waals surface area contributed by atoms with Gasteiger partial charge in [-0.15, -0.1) is 0 Å². The molecule has 0 saturated heterocycles. The van der Waals surface area contributed by atoms with Gasteiger partial charge in [0.05, 0.1) is 0 Å². The SMILES string of the molecule is CC(=O)OC/C=C/COC(=O)C#Cc1ccccc1. The van der Waals surface area contributed by atoms with Crippen LogP contribution in [0.2, 0.25) is 0 Å². The third kappa shape index (κ3) is 7.40. The van der Waals surface area contributed by atoms with Gasteiger partial charge >= 0.3 is 11.9 Å². The van der Waals surface area contributed by atoms with Crippen LogP contribution in [0.25, 0.3) is 0 Å². The minimum atomic E-state index is -0.596. The van der Waals surface area contributed by atoms with E-state index in [1.54, 1.807) is 24.3 Å². The van der Waals surface area contributed by atoms with E-state index in [4.69, 9.17) is 4.74 Å². The maximum absolute atomic E-state index is 11.2.